The molecule has 0 saturated carbocycles. The van der Waals surface area contributed by atoms with Gasteiger partial charge in [0.25, 0.3) is 0 Å². The van der Waals surface area contributed by atoms with Crippen LogP contribution in [0, 0.1) is 11.5 Å². The molecule has 0 aliphatic rings. The summed E-state index contributed by atoms with van der Waals surface area (Å²) in [6.07, 6.45) is 5.23. The SMILES string of the molecule is C=CCCCC(C#C[Si](C)(C)C)OC. The molecule has 1 nitrogen and oxygen atoms in total. The average Bonchev–Trinajstić information content (AvgIpc) is 2.09. The summed E-state index contributed by atoms with van der Waals surface area (Å²) in [7, 11) is 0.489. The molecule has 0 saturated heterocycles. The molecule has 0 aliphatic carbocycles. The molecule has 2 heteroatoms. The number of ether oxygens (including phenoxy) is 1. The summed E-state index contributed by atoms with van der Waals surface area (Å²) < 4.78 is 5.31. The van der Waals surface area contributed by atoms with Gasteiger partial charge < -0.3 is 4.74 Å². The first-order chi connectivity index (χ1) is 6.49. The number of hydrogen-bond donors (Lipinski definition) is 0. The normalized spacial score (nSPS) is 12.9. The molecule has 0 amide bonds. The Kier molecular flexibility index (Phi) is 6.60. The minimum atomic E-state index is -1.25. The lowest BCUT2D eigenvalue weighted by molar-refractivity contribution is 0.139. The first-order valence-corrected chi connectivity index (χ1v) is 8.66. The largest absolute Gasteiger partial charge is 0.369 e. The van der Waals surface area contributed by atoms with E-state index in [-0.39, 0.29) is 6.10 Å². The van der Waals surface area contributed by atoms with Gasteiger partial charge in [0.1, 0.15) is 14.2 Å². The van der Waals surface area contributed by atoms with Crippen molar-refractivity contribution in [3.63, 3.8) is 0 Å². The van der Waals surface area contributed by atoms with Crippen LogP contribution in [0.3, 0.4) is 0 Å². The summed E-state index contributed by atoms with van der Waals surface area (Å²) >= 11 is 0. The molecule has 0 spiro atoms. The number of methoxy groups -OCH3 is 1. The molecule has 0 aliphatic heterocycles. The summed E-state index contributed by atoms with van der Waals surface area (Å²) in [5.74, 6) is 3.22. The predicted octanol–water partition coefficient (Wildman–Crippen LogP) is 3.24. The third-order valence-corrected chi connectivity index (χ3v) is 2.66. The summed E-state index contributed by atoms with van der Waals surface area (Å²) in [6, 6.07) is 0. The van der Waals surface area contributed by atoms with Crippen LogP contribution in [0.25, 0.3) is 0 Å². The molecule has 0 aromatic carbocycles. The van der Waals surface area contributed by atoms with E-state index >= 15 is 0 Å². The summed E-state index contributed by atoms with van der Waals surface area (Å²) in [5, 5.41) is 0. The van der Waals surface area contributed by atoms with E-state index in [0.717, 1.165) is 19.3 Å². The molecular weight excluding hydrogens is 188 g/mol. The maximum Gasteiger partial charge on any atom is 0.129 e. The Bertz CT molecular complexity index is 217. The van der Waals surface area contributed by atoms with Crippen LogP contribution in [0.2, 0.25) is 19.6 Å². The zero-order valence-electron chi connectivity index (χ0n) is 9.89. The molecule has 1 unspecified atom stereocenters. The molecule has 0 aromatic heterocycles. The highest BCUT2D eigenvalue weighted by molar-refractivity contribution is 6.83. The Morgan fingerprint density at radius 3 is 2.50 bits per heavy atom. The second kappa shape index (κ2) is 6.86. The van der Waals surface area contributed by atoms with E-state index in [4.69, 9.17) is 4.74 Å². The van der Waals surface area contributed by atoms with Gasteiger partial charge in [0.05, 0.1) is 0 Å². The van der Waals surface area contributed by atoms with Crippen LogP contribution in [0.5, 0.6) is 0 Å². The van der Waals surface area contributed by atoms with Gasteiger partial charge in [0, 0.05) is 7.11 Å². The van der Waals surface area contributed by atoms with Gasteiger partial charge in [-0.15, -0.1) is 12.1 Å². The van der Waals surface area contributed by atoms with E-state index in [1.165, 1.54) is 0 Å². The van der Waals surface area contributed by atoms with Crippen LogP contribution < -0.4 is 0 Å². The van der Waals surface area contributed by atoms with Gasteiger partial charge >= 0.3 is 0 Å². The van der Waals surface area contributed by atoms with Crippen LogP contribution in [0.1, 0.15) is 19.3 Å². The van der Waals surface area contributed by atoms with Crippen molar-refractivity contribution < 1.29 is 4.74 Å². The van der Waals surface area contributed by atoms with Crippen molar-refractivity contribution in [2.75, 3.05) is 7.11 Å². The van der Waals surface area contributed by atoms with Crippen LogP contribution in [-0.4, -0.2) is 21.3 Å². The standard InChI is InChI=1S/C12H22OSi/c1-6-7-8-9-12(13-2)10-11-14(3,4)5/h6,12H,1,7-9H2,2-5H3. The molecule has 0 N–H and O–H groups in total. The molecule has 0 radical (unpaired) electrons. The van der Waals surface area contributed by atoms with Gasteiger partial charge in [-0.3, -0.25) is 0 Å². The van der Waals surface area contributed by atoms with Gasteiger partial charge in [-0.25, -0.2) is 0 Å². The minimum absolute atomic E-state index is 0.113. The third-order valence-electron chi connectivity index (χ3n) is 1.77. The lowest BCUT2D eigenvalue weighted by Crippen LogP contribution is -2.18. The average molecular weight is 210 g/mol. The van der Waals surface area contributed by atoms with Crippen LogP contribution in [0.15, 0.2) is 12.7 Å². The summed E-state index contributed by atoms with van der Waals surface area (Å²) in [5.41, 5.74) is 3.34. The lowest BCUT2D eigenvalue weighted by Gasteiger charge is -2.09. The van der Waals surface area contributed by atoms with Gasteiger partial charge in [0.15, 0.2) is 0 Å². The van der Waals surface area contributed by atoms with Crippen molar-refractivity contribution >= 4 is 8.07 Å². The van der Waals surface area contributed by atoms with Crippen LogP contribution in [-0.2, 0) is 4.74 Å². The van der Waals surface area contributed by atoms with E-state index in [1.807, 2.05) is 6.08 Å². The summed E-state index contributed by atoms with van der Waals surface area (Å²) in [4.78, 5) is 0. The highest BCUT2D eigenvalue weighted by atomic mass is 28.3. The van der Waals surface area contributed by atoms with Crippen LogP contribution >= 0.6 is 0 Å². The topological polar surface area (TPSA) is 9.23 Å². The number of hydrogen-bond acceptors (Lipinski definition) is 1. The quantitative estimate of drug-likeness (QED) is 0.293. The van der Waals surface area contributed by atoms with Crippen molar-refractivity contribution in [2.24, 2.45) is 0 Å². The van der Waals surface area contributed by atoms with Gasteiger partial charge in [-0.2, -0.15) is 0 Å². The Labute approximate surface area is 89.6 Å². The monoisotopic (exact) mass is 210 g/mol. The van der Waals surface area contributed by atoms with E-state index in [9.17, 15) is 0 Å². The van der Waals surface area contributed by atoms with Gasteiger partial charge in [-0.1, -0.05) is 31.6 Å². The van der Waals surface area contributed by atoms with Crippen molar-refractivity contribution in [3.8, 4) is 11.5 Å². The predicted molar refractivity (Wildman–Crippen MR) is 66.0 cm³/mol. The fourth-order valence-electron chi connectivity index (χ4n) is 0.994. The van der Waals surface area contributed by atoms with Crippen molar-refractivity contribution in [1.82, 2.24) is 0 Å². The molecule has 1 atom stereocenters. The van der Waals surface area contributed by atoms with Crippen LogP contribution in [0.4, 0.5) is 0 Å². The smallest absolute Gasteiger partial charge is 0.129 e. The Balaban J connectivity index is 4.00. The molecular formula is C12H22OSi. The Morgan fingerprint density at radius 2 is 2.07 bits per heavy atom. The zero-order chi connectivity index (χ0) is 11.0. The highest BCUT2D eigenvalue weighted by Crippen LogP contribution is 2.05. The molecule has 14 heavy (non-hydrogen) atoms. The van der Waals surface area contributed by atoms with Crippen molar-refractivity contribution in [3.05, 3.63) is 12.7 Å². The molecule has 0 bridgehead atoms. The number of unbranched alkanes of at least 4 members (excludes halogenated alkanes) is 1. The maximum atomic E-state index is 5.31. The van der Waals surface area contributed by atoms with Crippen molar-refractivity contribution in [2.45, 2.75) is 45.0 Å². The van der Waals surface area contributed by atoms with Gasteiger partial charge in [0.2, 0.25) is 0 Å². The second-order valence-corrected chi connectivity index (χ2v) is 9.21. The second-order valence-electron chi connectivity index (χ2n) is 4.46. The number of allylic oxidation sites excluding steroid dienone is 1. The molecule has 0 heterocycles. The fraction of sp³-hybridized carbons (Fsp3) is 0.667. The van der Waals surface area contributed by atoms with E-state index in [1.54, 1.807) is 7.11 Å². The van der Waals surface area contributed by atoms with Gasteiger partial charge in [-0.05, 0) is 19.3 Å². The van der Waals surface area contributed by atoms with E-state index < -0.39 is 8.07 Å². The Hall–Kier alpha value is -0.523. The fourth-order valence-corrected chi connectivity index (χ4v) is 1.59. The molecule has 0 fully saturated rings. The Morgan fingerprint density at radius 1 is 1.43 bits per heavy atom. The van der Waals surface area contributed by atoms with Crippen molar-refractivity contribution in [1.29, 1.82) is 0 Å². The lowest BCUT2D eigenvalue weighted by atomic mass is 10.1. The van der Waals surface area contributed by atoms with E-state index in [2.05, 4.69) is 37.7 Å². The zero-order valence-corrected chi connectivity index (χ0v) is 10.9. The minimum Gasteiger partial charge on any atom is -0.369 e. The highest BCUT2D eigenvalue weighted by Gasteiger charge is 2.09. The first kappa shape index (κ1) is 13.5. The number of rotatable bonds is 5. The first-order valence-electron chi connectivity index (χ1n) is 5.16. The maximum absolute atomic E-state index is 5.31. The molecule has 0 rings (SSSR count). The van der Waals surface area contributed by atoms with E-state index in [0.29, 0.717) is 0 Å². The summed E-state index contributed by atoms with van der Waals surface area (Å²) in [6.45, 7) is 10.4. The molecule has 0 aromatic rings. The third kappa shape index (κ3) is 8.09. The molecule has 80 valence electrons.